The summed E-state index contributed by atoms with van der Waals surface area (Å²) in [6, 6.07) is 13.8. The van der Waals surface area contributed by atoms with Crippen LogP contribution in [-0.4, -0.2) is 25.9 Å². The Kier molecular flexibility index (Phi) is 6.50. The Morgan fingerprint density at radius 3 is 2.27 bits per heavy atom. The normalized spacial score (nSPS) is 11.2. The average Bonchev–Trinajstić information content (AvgIpc) is 3.34. The van der Waals surface area contributed by atoms with Crippen molar-refractivity contribution in [3.05, 3.63) is 104 Å². The van der Waals surface area contributed by atoms with Gasteiger partial charge in [0.2, 0.25) is 0 Å². The van der Waals surface area contributed by atoms with Crippen LogP contribution in [0.1, 0.15) is 39.0 Å². The summed E-state index contributed by atoms with van der Waals surface area (Å²) in [6.45, 7) is 5.69. The standard InChI is InChI=1S/C29H26FN5O5/c1-5-34-25-21(27(37)32-18-8-11-23(30)20(14-18)26(31)36)12-15(2)13-22(25)28(38)35(34)19-9-6-17(7-10-19)24-16(3)40-33(4)29(24)39/h6-14H,5H2,1-4H3,(H2,31,36)(H,32,37). The van der Waals surface area contributed by atoms with Gasteiger partial charge in [0.15, 0.2) is 0 Å². The van der Waals surface area contributed by atoms with Crippen LogP contribution >= 0.6 is 0 Å². The van der Waals surface area contributed by atoms with Gasteiger partial charge in [0.05, 0.1) is 33.3 Å². The minimum atomic E-state index is -0.960. The molecule has 0 unspecified atom stereocenters. The summed E-state index contributed by atoms with van der Waals surface area (Å²) in [6.07, 6.45) is 0. The highest BCUT2D eigenvalue weighted by Crippen LogP contribution is 2.26. The van der Waals surface area contributed by atoms with Crippen LogP contribution in [0.2, 0.25) is 0 Å². The van der Waals surface area contributed by atoms with E-state index in [1.54, 1.807) is 54.9 Å². The number of carbonyl (C=O) groups is 2. The number of aryl methyl sites for hydroxylation is 4. The molecule has 3 aromatic carbocycles. The number of benzene rings is 3. The maximum absolute atomic E-state index is 13.9. The lowest BCUT2D eigenvalue weighted by Gasteiger charge is -2.14. The van der Waals surface area contributed by atoms with Crippen molar-refractivity contribution < 1.29 is 18.5 Å². The van der Waals surface area contributed by atoms with Gasteiger partial charge in [-0.05, 0) is 74.4 Å². The lowest BCUT2D eigenvalue weighted by Crippen LogP contribution is -2.21. The molecule has 40 heavy (non-hydrogen) atoms. The van der Waals surface area contributed by atoms with Crippen molar-refractivity contribution in [2.45, 2.75) is 27.3 Å². The minimum absolute atomic E-state index is 0.177. The second-order valence-corrected chi connectivity index (χ2v) is 9.43. The fourth-order valence-corrected chi connectivity index (χ4v) is 4.96. The Morgan fingerprint density at radius 1 is 0.975 bits per heavy atom. The highest BCUT2D eigenvalue weighted by Gasteiger charge is 2.22. The van der Waals surface area contributed by atoms with Gasteiger partial charge in [-0.25, -0.2) is 9.07 Å². The number of hydrogen-bond donors (Lipinski definition) is 2. The molecule has 2 amide bonds. The summed E-state index contributed by atoms with van der Waals surface area (Å²) in [5.74, 6) is -1.82. The van der Waals surface area contributed by atoms with E-state index in [1.165, 1.54) is 17.8 Å². The second kappa shape index (κ2) is 9.84. The smallest absolute Gasteiger partial charge is 0.290 e. The maximum Gasteiger partial charge on any atom is 0.290 e. The van der Waals surface area contributed by atoms with E-state index in [-0.39, 0.29) is 27.9 Å². The summed E-state index contributed by atoms with van der Waals surface area (Å²) >= 11 is 0. The fraction of sp³-hybridized carbons (Fsp3) is 0.172. The molecule has 0 aliphatic heterocycles. The molecule has 10 nitrogen and oxygen atoms in total. The van der Waals surface area contributed by atoms with Gasteiger partial charge in [-0.15, -0.1) is 0 Å². The van der Waals surface area contributed by atoms with Crippen molar-refractivity contribution >= 4 is 28.4 Å². The van der Waals surface area contributed by atoms with Crippen molar-refractivity contribution in [2.75, 3.05) is 5.32 Å². The Labute approximate surface area is 227 Å². The first-order chi connectivity index (χ1) is 19.0. The van der Waals surface area contributed by atoms with Crippen molar-refractivity contribution in [3.63, 3.8) is 0 Å². The predicted molar refractivity (Wildman–Crippen MR) is 148 cm³/mol. The molecule has 0 radical (unpaired) electrons. The molecule has 0 bridgehead atoms. The van der Waals surface area contributed by atoms with E-state index < -0.39 is 17.6 Å². The Balaban J connectivity index is 1.62. The second-order valence-electron chi connectivity index (χ2n) is 9.43. The summed E-state index contributed by atoms with van der Waals surface area (Å²) in [7, 11) is 1.54. The summed E-state index contributed by atoms with van der Waals surface area (Å²) in [4.78, 5) is 51.2. The van der Waals surface area contributed by atoms with Crippen LogP contribution in [0.25, 0.3) is 27.7 Å². The van der Waals surface area contributed by atoms with Crippen LogP contribution in [0.15, 0.2) is 68.7 Å². The molecule has 204 valence electrons. The molecular formula is C29H26FN5O5. The molecule has 0 aliphatic carbocycles. The van der Waals surface area contributed by atoms with Gasteiger partial charge in [-0.2, -0.15) is 4.74 Å². The molecule has 5 aromatic rings. The number of carbonyl (C=O) groups excluding carboxylic acids is 2. The Morgan fingerprint density at radius 2 is 1.68 bits per heavy atom. The van der Waals surface area contributed by atoms with E-state index in [0.29, 0.717) is 45.6 Å². The summed E-state index contributed by atoms with van der Waals surface area (Å²) < 4.78 is 23.7. The number of nitrogens with two attached hydrogens (primary N) is 1. The molecule has 5 rings (SSSR count). The molecule has 0 fully saturated rings. The van der Waals surface area contributed by atoms with Gasteiger partial charge in [-0.3, -0.25) is 23.9 Å². The van der Waals surface area contributed by atoms with Crippen LogP contribution in [0.5, 0.6) is 0 Å². The summed E-state index contributed by atoms with van der Waals surface area (Å²) in [5, 5.41) is 3.02. The first-order valence-electron chi connectivity index (χ1n) is 12.5. The van der Waals surface area contributed by atoms with Crippen molar-refractivity contribution in [2.24, 2.45) is 12.8 Å². The van der Waals surface area contributed by atoms with E-state index in [2.05, 4.69) is 5.32 Å². The van der Waals surface area contributed by atoms with E-state index in [4.69, 9.17) is 10.3 Å². The molecule has 0 atom stereocenters. The molecule has 0 spiro atoms. The molecule has 2 aromatic heterocycles. The topological polar surface area (TPSA) is 134 Å². The molecule has 3 N–H and O–H groups in total. The third-order valence-corrected chi connectivity index (χ3v) is 6.74. The number of aromatic nitrogens is 3. The summed E-state index contributed by atoms with van der Waals surface area (Å²) in [5.41, 5.74) is 7.43. The zero-order valence-corrected chi connectivity index (χ0v) is 22.2. The van der Waals surface area contributed by atoms with Gasteiger partial charge < -0.3 is 15.6 Å². The molecule has 0 saturated heterocycles. The van der Waals surface area contributed by atoms with Crippen molar-refractivity contribution in [1.82, 2.24) is 14.1 Å². The van der Waals surface area contributed by atoms with Crippen LogP contribution < -0.4 is 22.2 Å². The zero-order chi connectivity index (χ0) is 28.9. The highest BCUT2D eigenvalue weighted by molar-refractivity contribution is 6.12. The van der Waals surface area contributed by atoms with Crippen LogP contribution in [0.3, 0.4) is 0 Å². The molecule has 11 heteroatoms. The average molecular weight is 544 g/mol. The number of nitrogens with one attached hydrogen (secondary N) is 1. The quantitative estimate of drug-likeness (QED) is 0.335. The third-order valence-electron chi connectivity index (χ3n) is 6.74. The maximum atomic E-state index is 13.9. The number of fused-ring (bicyclic) bond motifs is 1. The first kappa shape index (κ1) is 26.4. The van der Waals surface area contributed by atoms with Gasteiger partial charge in [0.1, 0.15) is 11.6 Å². The Hall–Kier alpha value is -5.19. The number of primary amides is 1. The Bertz CT molecular complexity index is 1940. The minimum Gasteiger partial charge on any atom is -0.381 e. The first-order valence-corrected chi connectivity index (χ1v) is 12.5. The van der Waals surface area contributed by atoms with E-state index >= 15 is 0 Å². The number of rotatable bonds is 6. The molecule has 0 saturated carbocycles. The van der Waals surface area contributed by atoms with E-state index in [0.717, 1.165) is 16.9 Å². The van der Waals surface area contributed by atoms with Crippen LogP contribution in [0, 0.1) is 19.7 Å². The predicted octanol–water partition coefficient (Wildman–Crippen LogP) is 3.88. The van der Waals surface area contributed by atoms with Crippen molar-refractivity contribution in [3.8, 4) is 16.8 Å². The van der Waals surface area contributed by atoms with E-state index in [1.807, 2.05) is 6.92 Å². The monoisotopic (exact) mass is 543 g/mol. The van der Waals surface area contributed by atoms with Crippen LogP contribution in [-0.2, 0) is 13.6 Å². The number of nitrogens with zero attached hydrogens (tertiary/aromatic N) is 3. The number of halogens is 1. The number of anilines is 1. The number of hydrogen-bond acceptors (Lipinski definition) is 5. The molecule has 0 aliphatic rings. The lowest BCUT2D eigenvalue weighted by molar-refractivity contribution is 0.0992. The molecule has 2 heterocycles. The van der Waals surface area contributed by atoms with Gasteiger partial charge in [-0.1, -0.05) is 12.1 Å². The number of amides is 2. The van der Waals surface area contributed by atoms with Gasteiger partial charge in [0.25, 0.3) is 22.9 Å². The zero-order valence-electron chi connectivity index (χ0n) is 22.2. The van der Waals surface area contributed by atoms with Gasteiger partial charge in [0, 0.05) is 19.3 Å². The third kappa shape index (κ3) is 4.31. The molecular weight excluding hydrogens is 517 g/mol. The van der Waals surface area contributed by atoms with Crippen molar-refractivity contribution in [1.29, 1.82) is 0 Å². The van der Waals surface area contributed by atoms with Crippen LogP contribution in [0.4, 0.5) is 10.1 Å². The fourth-order valence-electron chi connectivity index (χ4n) is 4.96. The lowest BCUT2D eigenvalue weighted by atomic mass is 10.1. The van der Waals surface area contributed by atoms with E-state index in [9.17, 15) is 23.6 Å². The SMILES string of the molecule is CCn1c2c(C(=O)Nc3ccc(F)c(C(N)=O)c3)cc(C)cc2c(=O)n1-c1ccc(-c2c(C)on(C)c2=O)cc1. The highest BCUT2D eigenvalue weighted by atomic mass is 19.1. The largest absolute Gasteiger partial charge is 0.381 e. The van der Waals surface area contributed by atoms with Gasteiger partial charge >= 0.3 is 0 Å².